The lowest BCUT2D eigenvalue weighted by molar-refractivity contribution is -0.167. The molecular formula is C77H130O6. The summed E-state index contributed by atoms with van der Waals surface area (Å²) in [6.07, 6.45) is 97.9. The first-order valence-electron chi connectivity index (χ1n) is 35.0. The number of hydrogen-bond acceptors (Lipinski definition) is 6. The molecule has 0 saturated heterocycles. The van der Waals surface area contributed by atoms with Gasteiger partial charge in [0.2, 0.25) is 0 Å². The molecule has 0 heterocycles. The van der Waals surface area contributed by atoms with E-state index in [1.54, 1.807) is 0 Å². The van der Waals surface area contributed by atoms with Crippen LogP contribution < -0.4 is 0 Å². The minimum absolute atomic E-state index is 0.0821. The molecule has 83 heavy (non-hydrogen) atoms. The maximum atomic E-state index is 12.9. The van der Waals surface area contributed by atoms with Crippen LogP contribution in [0, 0.1) is 0 Å². The van der Waals surface area contributed by atoms with Crippen molar-refractivity contribution >= 4 is 17.9 Å². The fourth-order valence-electron chi connectivity index (χ4n) is 9.73. The van der Waals surface area contributed by atoms with Gasteiger partial charge in [-0.15, -0.1) is 0 Å². The van der Waals surface area contributed by atoms with E-state index >= 15 is 0 Å². The van der Waals surface area contributed by atoms with Crippen molar-refractivity contribution in [1.29, 1.82) is 0 Å². The van der Waals surface area contributed by atoms with Gasteiger partial charge < -0.3 is 14.2 Å². The molecule has 6 heteroatoms. The summed E-state index contributed by atoms with van der Waals surface area (Å²) >= 11 is 0. The van der Waals surface area contributed by atoms with Crippen molar-refractivity contribution in [1.82, 2.24) is 0 Å². The number of carbonyl (C=O) groups is 3. The Morgan fingerprint density at radius 1 is 0.253 bits per heavy atom. The summed E-state index contributed by atoms with van der Waals surface area (Å²) < 4.78 is 17.0. The number of allylic oxidation sites excluding steroid dienone is 20. The van der Waals surface area contributed by atoms with Crippen molar-refractivity contribution < 1.29 is 28.6 Å². The predicted octanol–water partition coefficient (Wildman–Crippen LogP) is 24.3. The lowest BCUT2D eigenvalue weighted by atomic mass is 10.0. The van der Waals surface area contributed by atoms with E-state index in [1.807, 2.05) is 0 Å². The van der Waals surface area contributed by atoms with Crippen molar-refractivity contribution in [2.45, 2.75) is 335 Å². The Labute approximate surface area is 513 Å². The molecule has 0 aromatic heterocycles. The Hall–Kier alpha value is -4.19. The molecular weight excluding hydrogens is 1020 g/mol. The Morgan fingerprint density at radius 2 is 0.470 bits per heavy atom. The van der Waals surface area contributed by atoms with Gasteiger partial charge >= 0.3 is 17.9 Å². The highest BCUT2D eigenvalue weighted by Gasteiger charge is 2.19. The molecule has 0 fully saturated rings. The van der Waals surface area contributed by atoms with Gasteiger partial charge in [-0.25, -0.2) is 0 Å². The van der Waals surface area contributed by atoms with E-state index in [-0.39, 0.29) is 31.1 Å². The number of esters is 3. The second-order valence-electron chi connectivity index (χ2n) is 23.1. The summed E-state index contributed by atoms with van der Waals surface area (Å²) in [6, 6.07) is 0. The lowest BCUT2D eigenvalue weighted by Crippen LogP contribution is -2.30. The van der Waals surface area contributed by atoms with Gasteiger partial charge in [0.05, 0.1) is 0 Å². The largest absolute Gasteiger partial charge is 0.462 e. The van der Waals surface area contributed by atoms with Crippen molar-refractivity contribution in [2.24, 2.45) is 0 Å². The molecule has 0 saturated carbocycles. The number of unbranched alkanes of at least 4 members (excludes halogenated alkanes) is 32. The summed E-state index contributed by atoms with van der Waals surface area (Å²) in [4.78, 5) is 38.4. The SMILES string of the molecule is CC/C=C\C/C=C\C/C=C\C/C=C\C/C=C\C/C=C\C/C=C\CCCCCCCCCCCCCC(=O)OCC(COC(=O)CCCCCCCCCCCCCCC)OC(=O)CCCCCCCC/C=C\C/C=C\C/C=C\CCCCC. The molecule has 0 rings (SSSR count). The summed E-state index contributed by atoms with van der Waals surface area (Å²) in [6.45, 7) is 6.51. The number of carbonyl (C=O) groups excluding carboxylic acids is 3. The van der Waals surface area contributed by atoms with Crippen LogP contribution in [0.25, 0.3) is 0 Å². The third-order valence-electron chi connectivity index (χ3n) is 15.0. The fourth-order valence-corrected chi connectivity index (χ4v) is 9.73. The summed E-state index contributed by atoms with van der Waals surface area (Å²) in [5, 5.41) is 0. The van der Waals surface area contributed by atoms with E-state index < -0.39 is 6.10 Å². The molecule has 0 N–H and O–H groups in total. The van der Waals surface area contributed by atoms with Gasteiger partial charge in [0.15, 0.2) is 6.10 Å². The zero-order valence-electron chi connectivity index (χ0n) is 54.4. The van der Waals surface area contributed by atoms with Gasteiger partial charge in [-0.3, -0.25) is 14.4 Å². The maximum absolute atomic E-state index is 12.9. The molecule has 6 nitrogen and oxygen atoms in total. The molecule has 474 valence electrons. The van der Waals surface area contributed by atoms with E-state index in [1.165, 1.54) is 161 Å². The van der Waals surface area contributed by atoms with Gasteiger partial charge in [0, 0.05) is 19.3 Å². The van der Waals surface area contributed by atoms with Crippen molar-refractivity contribution in [3.63, 3.8) is 0 Å². The number of rotatable bonds is 63. The highest BCUT2D eigenvalue weighted by Crippen LogP contribution is 2.17. The zero-order valence-corrected chi connectivity index (χ0v) is 54.4. The molecule has 0 aliphatic carbocycles. The molecule has 0 bridgehead atoms. The van der Waals surface area contributed by atoms with Gasteiger partial charge in [-0.05, 0) is 116 Å². The van der Waals surface area contributed by atoms with Crippen molar-refractivity contribution in [2.75, 3.05) is 13.2 Å². The Bertz CT molecular complexity index is 1700. The molecule has 0 spiro atoms. The van der Waals surface area contributed by atoms with Crippen LogP contribution in [0.3, 0.4) is 0 Å². The highest BCUT2D eigenvalue weighted by atomic mass is 16.6. The third-order valence-corrected chi connectivity index (χ3v) is 15.0. The van der Waals surface area contributed by atoms with Crippen LogP contribution in [0.1, 0.15) is 329 Å². The van der Waals surface area contributed by atoms with Crippen molar-refractivity contribution in [3.8, 4) is 0 Å². The topological polar surface area (TPSA) is 78.9 Å². The predicted molar refractivity (Wildman–Crippen MR) is 362 cm³/mol. The average molecular weight is 1150 g/mol. The second kappa shape index (κ2) is 70.3. The van der Waals surface area contributed by atoms with Gasteiger partial charge in [-0.2, -0.15) is 0 Å². The highest BCUT2D eigenvalue weighted by molar-refractivity contribution is 5.71. The molecule has 0 aromatic rings. The molecule has 1 atom stereocenters. The van der Waals surface area contributed by atoms with Crippen LogP contribution in [0.2, 0.25) is 0 Å². The van der Waals surface area contributed by atoms with Crippen molar-refractivity contribution in [3.05, 3.63) is 122 Å². The molecule has 0 aliphatic heterocycles. The number of hydrogen-bond donors (Lipinski definition) is 0. The van der Waals surface area contributed by atoms with Gasteiger partial charge in [0.1, 0.15) is 13.2 Å². The second-order valence-corrected chi connectivity index (χ2v) is 23.1. The Kier molecular flexibility index (Phi) is 66.7. The smallest absolute Gasteiger partial charge is 0.306 e. The molecule has 0 radical (unpaired) electrons. The van der Waals surface area contributed by atoms with Crippen LogP contribution in [-0.4, -0.2) is 37.2 Å². The Balaban J connectivity index is 4.27. The van der Waals surface area contributed by atoms with E-state index in [2.05, 4.69) is 142 Å². The first-order valence-corrected chi connectivity index (χ1v) is 35.0. The molecule has 1 unspecified atom stereocenters. The minimum Gasteiger partial charge on any atom is -0.462 e. The first-order chi connectivity index (χ1) is 41.0. The van der Waals surface area contributed by atoms with Crippen LogP contribution in [0.15, 0.2) is 122 Å². The maximum Gasteiger partial charge on any atom is 0.306 e. The summed E-state index contributed by atoms with van der Waals surface area (Å²) in [7, 11) is 0. The monoisotopic (exact) mass is 1150 g/mol. The normalized spacial score (nSPS) is 12.9. The van der Waals surface area contributed by atoms with Crippen LogP contribution >= 0.6 is 0 Å². The molecule has 0 amide bonds. The molecule has 0 aromatic carbocycles. The Morgan fingerprint density at radius 3 is 0.759 bits per heavy atom. The van der Waals surface area contributed by atoms with Crippen LogP contribution in [-0.2, 0) is 28.6 Å². The summed E-state index contributed by atoms with van der Waals surface area (Å²) in [5.41, 5.74) is 0. The zero-order chi connectivity index (χ0) is 59.9. The third kappa shape index (κ3) is 68.5. The average Bonchev–Trinajstić information content (AvgIpc) is 3.49. The number of ether oxygens (including phenoxy) is 3. The standard InChI is InChI=1S/C77H130O6/c1-4-7-10-13-16-19-22-25-27-29-31-32-33-34-35-36-37-38-39-40-41-42-43-44-46-47-49-52-55-58-61-64-67-70-76(79)82-73-74(72-81-75(78)69-66-63-60-57-54-51-24-21-18-15-12-9-6-3)83-77(80)71-68-65-62-59-56-53-50-48-45-30-28-26-23-20-17-14-11-8-5-2/h7,10,16-17,19-20,25-28,31-32,34-35,37-38,40-41,45,48,74H,4-6,8-9,11-15,18,21-24,29-30,33,36,39,42-44,46-47,49-73H2,1-3H3/b10-7-,19-16-,20-17-,27-25-,28-26-,32-31-,35-34-,38-37-,41-40-,48-45-. The summed E-state index contributed by atoms with van der Waals surface area (Å²) in [5.74, 6) is -0.887. The fraction of sp³-hybridized carbons (Fsp3) is 0.701. The van der Waals surface area contributed by atoms with Crippen LogP contribution in [0.5, 0.6) is 0 Å². The minimum atomic E-state index is -0.788. The molecule has 0 aliphatic rings. The first kappa shape index (κ1) is 78.8. The van der Waals surface area contributed by atoms with E-state index in [0.717, 1.165) is 128 Å². The van der Waals surface area contributed by atoms with Crippen LogP contribution in [0.4, 0.5) is 0 Å². The van der Waals surface area contributed by atoms with E-state index in [0.29, 0.717) is 19.3 Å². The van der Waals surface area contributed by atoms with Gasteiger partial charge in [0.25, 0.3) is 0 Å². The quantitative estimate of drug-likeness (QED) is 0.0261. The van der Waals surface area contributed by atoms with E-state index in [9.17, 15) is 14.4 Å². The van der Waals surface area contributed by atoms with Gasteiger partial charge in [-0.1, -0.05) is 316 Å². The lowest BCUT2D eigenvalue weighted by Gasteiger charge is -2.18. The van der Waals surface area contributed by atoms with E-state index in [4.69, 9.17) is 14.2 Å².